The summed E-state index contributed by atoms with van der Waals surface area (Å²) in [5.74, 6) is 0. The van der Waals surface area contributed by atoms with Gasteiger partial charge < -0.3 is 11.1 Å². The third-order valence-electron chi connectivity index (χ3n) is 2.51. The lowest BCUT2D eigenvalue weighted by Gasteiger charge is -2.10. The normalized spacial score (nSPS) is 11.4. The lowest BCUT2D eigenvalue weighted by atomic mass is 10.3. The van der Waals surface area contributed by atoms with E-state index in [2.05, 4.69) is 5.32 Å². The lowest BCUT2D eigenvalue weighted by Crippen LogP contribution is -2.06. The Kier molecular flexibility index (Phi) is 3.58. The van der Waals surface area contributed by atoms with Crippen molar-refractivity contribution in [3.05, 3.63) is 40.6 Å². The van der Waals surface area contributed by atoms with E-state index in [0.29, 0.717) is 17.1 Å². The number of nitrogens with two attached hydrogens (primary N) is 1. The summed E-state index contributed by atoms with van der Waals surface area (Å²) in [6.07, 6.45) is 1.20. The van der Waals surface area contributed by atoms with Crippen LogP contribution in [0.5, 0.6) is 0 Å². The molecule has 0 aliphatic rings. The van der Waals surface area contributed by atoms with Crippen molar-refractivity contribution < 1.29 is 8.42 Å². The first-order chi connectivity index (χ1) is 8.48. The number of hydrogen-bond acceptors (Lipinski definition) is 5. The van der Waals surface area contributed by atoms with E-state index in [9.17, 15) is 8.42 Å². The number of nitrogens with one attached hydrogen (secondary N) is 1. The summed E-state index contributed by atoms with van der Waals surface area (Å²) in [5.41, 5.74) is 7.11. The summed E-state index contributed by atoms with van der Waals surface area (Å²) < 4.78 is 23.2. The van der Waals surface area contributed by atoms with Crippen LogP contribution in [0.15, 0.2) is 40.6 Å². The molecule has 2 aromatic rings. The highest BCUT2D eigenvalue weighted by molar-refractivity contribution is 7.90. The Morgan fingerprint density at radius 3 is 2.61 bits per heavy atom. The molecule has 0 fully saturated rings. The van der Waals surface area contributed by atoms with Gasteiger partial charge in [0, 0.05) is 16.8 Å². The van der Waals surface area contributed by atoms with E-state index >= 15 is 0 Å². The summed E-state index contributed by atoms with van der Waals surface area (Å²) in [7, 11) is -3.22. The maximum atomic E-state index is 11.6. The molecule has 18 heavy (non-hydrogen) atoms. The molecule has 0 aliphatic heterocycles. The molecule has 0 atom stereocenters. The Bertz CT molecular complexity index is 648. The van der Waals surface area contributed by atoms with Crippen molar-refractivity contribution in [1.82, 2.24) is 0 Å². The molecule has 1 heterocycles. The van der Waals surface area contributed by atoms with E-state index in [1.165, 1.54) is 6.26 Å². The fraction of sp³-hybridized carbons (Fsp3) is 0.167. The van der Waals surface area contributed by atoms with Gasteiger partial charge in [-0.15, -0.1) is 11.3 Å². The molecule has 0 spiro atoms. The Morgan fingerprint density at radius 2 is 2.00 bits per heavy atom. The van der Waals surface area contributed by atoms with Gasteiger partial charge in [0.25, 0.3) is 0 Å². The van der Waals surface area contributed by atoms with E-state index in [-0.39, 0.29) is 0 Å². The summed E-state index contributed by atoms with van der Waals surface area (Å²) in [5, 5.41) is 5.03. The van der Waals surface area contributed by atoms with E-state index in [1.807, 2.05) is 11.4 Å². The minimum Gasteiger partial charge on any atom is -0.398 e. The first-order valence-electron chi connectivity index (χ1n) is 5.33. The van der Waals surface area contributed by atoms with Gasteiger partial charge in [0.05, 0.1) is 17.1 Å². The van der Waals surface area contributed by atoms with Crippen LogP contribution in [0, 0.1) is 0 Å². The van der Waals surface area contributed by atoms with Crippen LogP contribution < -0.4 is 11.1 Å². The molecule has 0 aliphatic carbocycles. The van der Waals surface area contributed by atoms with E-state index in [0.717, 1.165) is 10.6 Å². The smallest absolute Gasteiger partial charge is 0.177 e. The monoisotopic (exact) mass is 282 g/mol. The highest BCUT2D eigenvalue weighted by Crippen LogP contribution is 2.24. The van der Waals surface area contributed by atoms with Gasteiger partial charge in [0.15, 0.2) is 9.84 Å². The molecule has 0 bridgehead atoms. The van der Waals surface area contributed by atoms with Crippen LogP contribution in [0.2, 0.25) is 0 Å². The second kappa shape index (κ2) is 4.99. The van der Waals surface area contributed by atoms with Crippen molar-refractivity contribution in [2.75, 3.05) is 17.3 Å². The number of thiophene rings is 1. The molecule has 0 saturated carbocycles. The second-order valence-electron chi connectivity index (χ2n) is 3.92. The maximum absolute atomic E-state index is 11.6. The maximum Gasteiger partial charge on any atom is 0.177 e. The van der Waals surface area contributed by atoms with Gasteiger partial charge in [0.2, 0.25) is 0 Å². The van der Waals surface area contributed by atoms with Gasteiger partial charge in [-0.3, -0.25) is 0 Å². The summed E-state index contributed by atoms with van der Waals surface area (Å²) in [6.45, 7) is 0.524. The average molecular weight is 282 g/mol. The lowest BCUT2D eigenvalue weighted by molar-refractivity contribution is 0.602. The molecule has 1 aromatic carbocycles. The van der Waals surface area contributed by atoms with Crippen molar-refractivity contribution in [1.29, 1.82) is 0 Å². The van der Waals surface area contributed by atoms with E-state index in [4.69, 9.17) is 5.73 Å². The quantitative estimate of drug-likeness (QED) is 0.903. The Morgan fingerprint density at radius 1 is 1.28 bits per heavy atom. The predicted molar refractivity (Wildman–Crippen MR) is 75.6 cm³/mol. The molecule has 0 radical (unpaired) electrons. The molecule has 6 heteroatoms. The highest BCUT2D eigenvalue weighted by atomic mass is 32.2. The Balaban J connectivity index is 2.23. The van der Waals surface area contributed by atoms with Crippen LogP contribution in [0.3, 0.4) is 0 Å². The minimum atomic E-state index is -3.22. The highest BCUT2D eigenvalue weighted by Gasteiger charge is 2.12. The fourth-order valence-electron chi connectivity index (χ4n) is 1.61. The number of benzene rings is 1. The standard InChI is InChI=1S/C12H14N2O2S2/c1-18(15,16)12-5-3-2-4-10(12)14-8-11-9(13)6-7-17-11/h2-7,14H,8,13H2,1H3. The van der Waals surface area contributed by atoms with Crippen molar-refractivity contribution in [3.63, 3.8) is 0 Å². The van der Waals surface area contributed by atoms with Crippen LogP contribution in [0.4, 0.5) is 11.4 Å². The predicted octanol–water partition coefficient (Wildman–Crippen LogP) is 2.35. The van der Waals surface area contributed by atoms with Gasteiger partial charge in [0.1, 0.15) is 0 Å². The summed E-state index contributed by atoms with van der Waals surface area (Å²) >= 11 is 1.55. The molecular formula is C12H14N2O2S2. The third-order valence-corrected chi connectivity index (χ3v) is 4.60. The molecule has 3 N–H and O–H groups in total. The molecule has 2 rings (SSSR count). The number of rotatable bonds is 4. The number of hydrogen-bond donors (Lipinski definition) is 2. The van der Waals surface area contributed by atoms with Gasteiger partial charge in [-0.2, -0.15) is 0 Å². The topological polar surface area (TPSA) is 72.2 Å². The SMILES string of the molecule is CS(=O)(=O)c1ccccc1NCc1sccc1N. The van der Waals surface area contributed by atoms with Crippen LogP contribution in [-0.2, 0) is 16.4 Å². The van der Waals surface area contributed by atoms with Gasteiger partial charge in [-0.25, -0.2) is 8.42 Å². The van der Waals surface area contributed by atoms with Crippen molar-refractivity contribution in [3.8, 4) is 0 Å². The van der Waals surface area contributed by atoms with Crippen LogP contribution >= 0.6 is 11.3 Å². The zero-order valence-electron chi connectivity index (χ0n) is 9.88. The largest absolute Gasteiger partial charge is 0.398 e. The van der Waals surface area contributed by atoms with Crippen molar-refractivity contribution in [2.45, 2.75) is 11.4 Å². The fourth-order valence-corrected chi connectivity index (χ4v) is 3.21. The van der Waals surface area contributed by atoms with Gasteiger partial charge in [-0.05, 0) is 23.6 Å². The first kappa shape index (κ1) is 12.9. The molecule has 0 unspecified atom stereocenters. The van der Waals surface area contributed by atoms with Gasteiger partial charge in [-0.1, -0.05) is 12.1 Å². The molecule has 0 amide bonds. The van der Waals surface area contributed by atoms with E-state index in [1.54, 1.807) is 35.6 Å². The number of nitrogen functional groups attached to an aromatic ring is 1. The summed E-state index contributed by atoms with van der Waals surface area (Å²) in [4.78, 5) is 1.30. The zero-order valence-corrected chi connectivity index (χ0v) is 11.5. The van der Waals surface area contributed by atoms with Crippen LogP contribution in [-0.4, -0.2) is 14.7 Å². The zero-order chi connectivity index (χ0) is 13.2. The molecule has 4 nitrogen and oxygen atoms in total. The molecular weight excluding hydrogens is 268 g/mol. The molecule has 1 aromatic heterocycles. The van der Waals surface area contributed by atoms with Gasteiger partial charge >= 0.3 is 0 Å². The second-order valence-corrected chi connectivity index (χ2v) is 6.91. The number of anilines is 2. The number of para-hydroxylation sites is 1. The van der Waals surface area contributed by atoms with Crippen molar-refractivity contribution in [2.24, 2.45) is 0 Å². The van der Waals surface area contributed by atoms with E-state index < -0.39 is 9.84 Å². The Hall–Kier alpha value is -1.53. The van der Waals surface area contributed by atoms with Crippen molar-refractivity contribution >= 4 is 32.5 Å². The third kappa shape index (κ3) is 2.83. The first-order valence-corrected chi connectivity index (χ1v) is 8.10. The number of sulfone groups is 1. The summed E-state index contributed by atoms with van der Waals surface area (Å²) in [6, 6.07) is 8.69. The Labute approximate surface area is 110 Å². The molecule has 96 valence electrons. The minimum absolute atomic E-state index is 0.306. The van der Waals surface area contributed by atoms with Crippen LogP contribution in [0.1, 0.15) is 4.88 Å². The molecule has 0 saturated heterocycles. The average Bonchev–Trinajstić information content (AvgIpc) is 2.71. The van der Waals surface area contributed by atoms with Crippen LogP contribution in [0.25, 0.3) is 0 Å².